The number of hydrogen-bond acceptors (Lipinski definition) is 5. The molecule has 1 unspecified atom stereocenters. The van der Waals surface area contributed by atoms with Gasteiger partial charge in [0.1, 0.15) is 17.9 Å². The van der Waals surface area contributed by atoms with Gasteiger partial charge in [0.15, 0.2) is 0 Å². The van der Waals surface area contributed by atoms with Crippen molar-refractivity contribution in [3.8, 4) is 5.75 Å². The molecule has 20 heavy (non-hydrogen) atoms. The minimum atomic E-state index is -0.823. The standard InChI is InChI=1S/C15H23NO4/c1-4-16-15(2,14(17)18-3)12-19-10-11-20-13-8-6-5-7-9-13/h5-9,16H,4,10-12H2,1-3H3. The maximum Gasteiger partial charge on any atom is 0.328 e. The molecule has 0 aromatic heterocycles. The molecule has 1 rings (SSSR count). The fourth-order valence-corrected chi connectivity index (χ4v) is 1.81. The third-order valence-corrected chi connectivity index (χ3v) is 2.83. The average Bonchev–Trinajstić information content (AvgIpc) is 2.47. The van der Waals surface area contributed by atoms with E-state index < -0.39 is 5.54 Å². The molecule has 112 valence electrons. The minimum Gasteiger partial charge on any atom is -0.491 e. The summed E-state index contributed by atoms with van der Waals surface area (Å²) in [6.07, 6.45) is 0. The van der Waals surface area contributed by atoms with Crippen LogP contribution in [-0.2, 0) is 14.3 Å². The lowest BCUT2D eigenvalue weighted by Crippen LogP contribution is -2.53. The van der Waals surface area contributed by atoms with Gasteiger partial charge in [-0.1, -0.05) is 25.1 Å². The second-order valence-electron chi connectivity index (χ2n) is 4.57. The summed E-state index contributed by atoms with van der Waals surface area (Å²) in [6, 6.07) is 9.53. The van der Waals surface area contributed by atoms with Crippen LogP contribution >= 0.6 is 0 Å². The highest BCUT2D eigenvalue weighted by Crippen LogP contribution is 2.09. The number of likely N-dealkylation sites (N-methyl/N-ethyl adjacent to an activating group) is 1. The SMILES string of the molecule is CCNC(C)(COCCOc1ccccc1)C(=O)OC. The number of hydrogen-bond donors (Lipinski definition) is 1. The van der Waals surface area contributed by atoms with Crippen molar-refractivity contribution in [2.75, 3.05) is 33.5 Å². The van der Waals surface area contributed by atoms with Crippen LogP contribution in [0.3, 0.4) is 0 Å². The van der Waals surface area contributed by atoms with Crippen molar-refractivity contribution in [3.63, 3.8) is 0 Å². The summed E-state index contributed by atoms with van der Waals surface area (Å²) >= 11 is 0. The summed E-state index contributed by atoms with van der Waals surface area (Å²) in [5.74, 6) is 0.474. The molecule has 0 aliphatic heterocycles. The van der Waals surface area contributed by atoms with Gasteiger partial charge in [-0.05, 0) is 25.6 Å². The quantitative estimate of drug-likeness (QED) is 0.550. The number of para-hydroxylation sites is 1. The van der Waals surface area contributed by atoms with Gasteiger partial charge in [0.25, 0.3) is 0 Å². The Kier molecular flexibility index (Phi) is 7.04. The minimum absolute atomic E-state index is 0.242. The van der Waals surface area contributed by atoms with Crippen LogP contribution in [-0.4, -0.2) is 45.0 Å². The molecule has 1 aromatic carbocycles. The monoisotopic (exact) mass is 281 g/mol. The fourth-order valence-electron chi connectivity index (χ4n) is 1.81. The highest BCUT2D eigenvalue weighted by molar-refractivity contribution is 5.80. The Hall–Kier alpha value is -1.59. The van der Waals surface area contributed by atoms with Crippen molar-refractivity contribution in [2.45, 2.75) is 19.4 Å². The molecule has 0 spiro atoms. The van der Waals surface area contributed by atoms with E-state index >= 15 is 0 Å². The van der Waals surface area contributed by atoms with E-state index in [0.29, 0.717) is 19.8 Å². The Morgan fingerprint density at radius 2 is 1.95 bits per heavy atom. The summed E-state index contributed by atoms with van der Waals surface area (Å²) in [5, 5.41) is 3.08. The normalized spacial score (nSPS) is 13.6. The number of ether oxygens (including phenoxy) is 3. The van der Waals surface area contributed by atoms with Crippen molar-refractivity contribution in [3.05, 3.63) is 30.3 Å². The smallest absolute Gasteiger partial charge is 0.328 e. The summed E-state index contributed by atoms with van der Waals surface area (Å²) in [7, 11) is 1.37. The van der Waals surface area contributed by atoms with Gasteiger partial charge >= 0.3 is 5.97 Å². The van der Waals surface area contributed by atoms with Gasteiger partial charge in [-0.2, -0.15) is 0 Å². The van der Waals surface area contributed by atoms with Crippen LogP contribution in [0.25, 0.3) is 0 Å². The van der Waals surface area contributed by atoms with Crippen LogP contribution in [0.4, 0.5) is 0 Å². The molecule has 0 amide bonds. The van der Waals surface area contributed by atoms with E-state index in [-0.39, 0.29) is 12.6 Å². The first-order valence-electron chi connectivity index (χ1n) is 6.71. The zero-order chi connectivity index (χ0) is 14.8. The van der Waals surface area contributed by atoms with Crippen LogP contribution < -0.4 is 10.1 Å². The van der Waals surface area contributed by atoms with Crippen LogP contribution in [0.5, 0.6) is 5.75 Å². The molecule has 1 aromatic rings. The molecule has 0 heterocycles. The van der Waals surface area contributed by atoms with Gasteiger partial charge in [-0.3, -0.25) is 0 Å². The second-order valence-corrected chi connectivity index (χ2v) is 4.57. The fraction of sp³-hybridized carbons (Fsp3) is 0.533. The van der Waals surface area contributed by atoms with Crippen molar-refractivity contribution in [1.82, 2.24) is 5.32 Å². The molecule has 0 saturated carbocycles. The lowest BCUT2D eigenvalue weighted by atomic mass is 10.0. The highest BCUT2D eigenvalue weighted by atomic mass is 16.5. The van der Waals surface area contributed by atoms with Crippen LogP contribution in [0.15, 0.2) is 30.3 Å². The van der Waals surface area contributed by atoms with Gasteiger partial charge in [0.05, 0.1) is 20.3 Å². The molecule has 5 heteroatoms. The number of esters is 1. The van der Waals surface area contributed by atoms with Crippen molar-refractivity contribution in [1.29, 1.82) is 0 Å². The predicted octanol–water partition coefficient (Wildman–Crippen LogP) is 1.62. The Morgan fingerprint density at radius 1 is 1.25 bits per heavy atom. The lowest BCUT2D eigenvalue weighted by Gasteiger charge is -2.27. The Morgan fingerprint density at radius 3 is 2.55 bits per heavy atom. The van der Waals surface area contributed by atoms with E-state index in [2.05, 4.69) is 5.32 Å². The van der Waals surface area contributed by atoms with Gasteiger partial charge in [-0.25, -0.2) is 4.79 Å². The van der Waals surface area contributed by atoms with E-state index in [1.54, 1.807) is 6.92 Å². The number of methoxy groups -OCH3 is 1. The van der Waals surface area contributed by atoms with Crippen molar-refractivity contribution < 1.29 is 19.0 Å². The number of nitrogens with one attached hydrogen (secondary N) is 1. The van der Waals surface area contributed by atoms with Crippen molar-refractivity contribution >= 4 is 5.97 Å². The molecule has 0 radical (unpaired) electrons. The van der Waals surface area contributed by atoms with Crippen molar-refractivity contribution in [2.24, 2.45) is 0 Å². The van der Waals surface area contributed by atoms with Crippen LogP contribution in [0.2, 0.25) is 0 Å². The van der Waals surface area contributed by atoms with Gasteiger partial charge < -0.3 is 19.5 Å². The van der Waals surface area contributed by atoms with Gasteiger partial charge in [0.2, 0.25) is 0 Å². The number of carbonyl (C=O) groups is 1. The molecule has 0 saturated heterocycles. The predicted molar refractivity (Wildman–Crippen MR) is 76.9 cm³/mol. The third kappa shape index (κ3) is 5.19. The first-order chi connectivity index (χ1) is 9.62. The number of carbonyl (C=O) groups excluding carboxylic acids is 1. The van der Waals surface area contributed by atoms with E-state index in [4.69, 9.17) is 14.2 Å². The first kappa shape index (κ1) is 16.5. The number of benzene rings is 1. The Bertz CT molecular complexity index is 396. The zero-order valence-corrected chi connectivity index (χ0v) is 12.3. The molecule has 0 bridgehead atoms. The second kappa shape index (κ2) is 8.55. The van der Waals surface area contributed by atoms with Crippen LogP contribution in [0, 0.1) is 0 Å². The molecule has 1 N–H and O–H groups in total. The molecular formula is C15H23NO4. The largest absolute Gasteiger partial charge is 0.491 e. The Balaban J connectivity index is 2.29. The highest BCUT2D eigenvalue weighted by Gasteiger charge is 2.33. The molecule has 5 nitrogen and oxygen atoms in total. The maximum atomic E-state index is 11.7. The molecular weight excluding hydrogens is 258 g/mol. The summed E-state index contributed by atoms with van der Waals surface area (Å²) in [5.41, 5.74) is -0.823. The van der Waals surface area contributed by atoms with Gasteiger partial charge in [-0.15, -0.1) is 0 Å². The average molecular weight is 281 g/mol. The Labute approximate surface area is 120 Å². The zero-order valence-electron chi connectivity index (χ0n) is 12.3. The maximum absolute atomic E-state index is 11.7. The van der Waals surface area contributed by atoms with E-state index in [9.17, 15) is 4.79 Å². The molecule has 1 atom stereocenters. The summed E-state index contributed by atoms with van der Waals surface area (Å²) < 4.78 is 15.8. The number of rotatable bonds is 9. The van der Waals surface area contributed by atoms with E-state index in [1.165, 1.54) is 7.11 Å². The molecule has 0 aliphatic rings. The molecule has 0 aliphatic carbocycles. The van der Waals surface area contributed by atoms with Gasteiger partial charge in [0, 0.05) is 0 Å². The van der Waals surface area contributed by atoms with E-state index in [1.807, 2.05) is 37.3 Å². The van der Waals surface area contributed by atoms with E-state index in [0.717, 1.165) is 5.75 Å². The van der Waals surface area contributed by atoms with Crippen LogP contribution in [0.1, 0.15) is 13.8 Å². The summed E-state index contributed by atoms with van der Waals surface area (Å²) in [6.45, 7) is 5.45. The first-order valence-corrected chi connectivity index (χ1v) is 6.71. The summed E-state index contributed by atoms with van der Waals surface area (Å²) in [4.78, 5) is 11.7. The lowest BCUT2D eigenvalue weighted by molar-refractivity contribution is -0.150. The third-order valence-electron chi connectivity index (χ3n) is 2.83. The molecule has 0 fully saturated rings. The topological polar surface area (TPSA) is 56.8 Å².